The lowest BCUT2D eigenvalue weighted by atomic mass is 9.90. The van der Waals surface area contributed by atoms with E-state index in [4.69, 9.17) is 4.74 Å². The van der Waals surface area contributed by atoms with Crippen molar-refractivity contribution < 1.29 is 19.4 Å². The molecule has 19 heavy (non-hydrogen) atoms. The second-order valence-electron chi connectivity index (χ2n) is 4.90. The van der Waals surface area contributed by atoms with E-state index in [1.807, 2.05) is 30.3 Å². The lowest BCUT2D eigenvalue weighted by Crippen LogP contribution is -2.46. The van der Waals surface area contributed by atoms with Crippen LogP contribution in [0.15, 0.2) is 36.4 Å². The predicted molar refractivity (Wildman–Crippen MR) is 69.6 cm³/mol. The summed E-state index contributed by atoms with van der Waals surface area (Å²) in [6.45, 7) is 1.43. The Balaban J connectivity index is 2.27. The number of hydrogen-bond donors (Lipinski definition) is 1. The average Bonchev–Trinajstić information content (AvgIpc) is 2.38. The van der Waals surface area contributed by atoms with Crippen LogP contribution in [0.2, 0.25) is 0 Å². The van der Waals surface area contributed by atoms with Crippen molar-refractivity contribution in [3.8, 4) is 5.75 Å². The first kappa shape index (κ1) is 11.7. The van der Waals surface area contributed by atoms with Crippen molar-refractivity contribution in [2.24, 2.45) is 0 Å². The summed E-state index contributed by atoms with van der Waals surface area (Å²) in [5, 5.41) is 10.9. The van der Waals surface area contributed by atoms with E-state index in [0.717, 1.165) is 10.8 Å². The molecule has 3 rings (SSSR count). The van der Waals surface area contributed by atoms with E-state index in [2.05, 4.69) is 0 Å². The molecule has 0 spiro atoms. The third-order valence-electron chi connectivity index (χ3n) is 3.46. The van der Waals surface area contributed by atoms with Crippen LogP contribution >= 0.6 is 0 Å². The number of ketones is 1. The van der Waals surface area contributed by atoms with Crippen LogP contribution in [0.5, 0.6) is 5.75 Å². The Morgan fingerprint density at radius 3 is 2.74 bits per heavy atom. The minimum absolute atomic E-state index is 0.145. The SMILES string of the molecule is CC1(C(=O)O)CC(=O)c2ccc3ccccc3c2O1. The van der Waals surface area contributed by atoms with E-state index < -0.39 is 11.6 Å². The smallest absolute Gasteiger partial charge is 0.348 e. The average molecular weight is 256 g/mol. The molecule has 0 saturated carbocycles. The van der Waals surface area contributed by atoms with Crippen molar-refractivity contribution in [1.29, 1.82) is 0 Å². The quantitative estimate of drug-likeness (QED) is 0.851. The van der Waals surface area contributed by atoms with Gasteiger partial charge in [0.05, 0.1) is 12.0 Å². The van der Waals surface area contributed by atoms with Gasteiger partial charge in [0.15, 0.2) is 5.78 Å². The van der Waals surface area contributed by atoms with E-state index in [-0.39, 0.29) is 12.2 Å². The molecular weight excluding hydrogens is 244 g/mol. The van der Waals surface area contributed by atoms with Gasteiger partial charge in [-0.25, -0.2) is 4.79 Å². The molecule has 1 aliphatic heterocycles. The molecule has 4 nitrogen and oxygen atoms in total. The van der Waals surface area contributed by atoms with E-state index in [0.29, 0.717) is 11.3 Å². The fraction of sp³-hybridized carbons (Fsp3) is 0.200. The first-order valence-corrected chi connectivity index (χ1v) is 5.99. The van der Waals surface area contributed by atoms with Gasteiger partial charge in [0.25, 0.3) is 0 Å². The number of carboxylic acid groups (broad SMARTS) is 1. The number of hydrogen-bond acceptors (Lipinski definition) is 3. The van der Waals surface area contributed by atoms with Gasteiger partial charge in [-0.1, -0.05) is 30.3 Å². The van der Waals surface area contributed by atoms with Gasteiger partial charge in [-0.05, 0) is 18.4 Å². The third-order valence-corrected chi connectivity index (χ3v) is 3.46. The monoisotopic (exact) mass is 256 g/mol. The molecule has 1 atom stereocenters. The number of carbonyl (C=O) groups is 2. The highest BCUT2D eigenvalue weighted by molar-refractivity contribution is 6.08. The molecule has 1 heterocycles. The second-order valence-corrected chi connectivity index (χ2v) is 4.90. The van der Waals surface area contributed by atoms with Crippen molar-refractivity contribution in [2.45, 2.75) is 18.9 Å². The maximum atomic E-state index is 12.1. The first-order chi connectivity index (χ1) is 9.01. The largest absolute Gasteiger partial charge is 0.478 e. The molecular formula is C15H12O4. The molecule has 0 saturated heterocycles. The third kappa shape index (κ3) is 1.68. The lowest BCUT2D eigenvalue weighted by molar-refractivity contribution is -0.153. The molecule has 0 aliphatic carbocycles. The summed E-state index contributed by atoms with van der Waals surface area (Å²) >= 11 is 0. The standard InChI is InChI=1S/C15H12O4/c1-15(14(17)18)8-12(16)11-7-6-9-4-2-3-5-10(9)13(11)19-15/h2-7H,8H2,1H3,(H,17,18). The van der Waals surface area contributed by atoms with Crippen molar-refractivity contribution in [2.75, 3.05) is 0 Å². The Morgan fingerprint density at radius 1 is 1.26 bits per heavy atom. The van der Waals surface area contributed by atoms with Gasteiger partial charge >= 0.3 is 5.97 Å². The number of fused-ring (bicyclic) bond motifs is 3. The molecule has 1 N–H and O–H groups in total. The van der Waals surface area contributed by atoms with Crippen LogP contribution in [-0.2, 0) is 4.79 Å². The van der Waals surface area contributed by atoms with Crippen LogP contribution in [0.1, 0.15) is 23.7 Å². The summed E-state index contributed by atoms with van der Waals surface area (Å²) in [5.74, 6) is -0.949. The number of rotatable bonds is 1. The second kappa shape index (κ2) is 3.82. The Morgan fingerprint density at radius 2 is 2.00 bits per heavy atom. The van der Waals surface area contributed by atoms with Gasteiger partial charge < -0.3 is 9.84 Å². The van der Waals surface area contributed by atoms with E-state index in [9.17, 15) is 14.7 Å². The number of aliphatic carboxylic acids is 1. The van der Waals surface area contributed by atoms with Crippen molar-refractivity contribution >= 4 is 22.5 Å². The van der Waals surface area contributed by atoms with Gasteiger partial charge in [0.1, 0.15) is 5.75 Å². The number of Topliss-reactive ketones (excluding diaryl/α,β-unsaturated/α-hetero) is 1. The van der Waals surface area contributed by atoms with Gasteiger partial charge in [0, 0.05) is 5.39 Å². The van der Waals surface area contributed by atoms with Gasteiger partial charge in [0.2, 0.25) is 5.60 Å². The minimum Gasteiger partial charge on any atom is -0.478 e. The first-order valence-electron chi connectivity index (χ1n) is 5.99. The van der Waals surface area contributed by atoms with Crippen LogP contribution in [0, 0.1) is 0 Å². The van der Waals surface area contributed by atoms with Crippen LogP contribution in [0.4, 0.5) is 0 Å². The molecule has 0 aromatic heterocycles. The normalized spacial score (nSPS) is 21.8. The Hall–Kier alpha value is -2.36. The van der Waals surface area contributed by atoms with Gasteiger partial charge in [-0.15, -0.1) is 0 Å². The Labute approximate surface area is 109 Å². The highest BCUT2D eigenvalue weighted by Gasteiger charge is 2.43. The van der Waals surface area contributed by atoms with E-state index in [1.54, 1.807) is 6.07 Å². The fourth-order valence-corrected chi connectivity index (χ4v) is 2.35. The molecule has 0 amide bonds. The molecule has 1 aliphatic rings. The fourth-order valence-electron chi connectivity index (χ4n) is 2.35. The van der Waals surface area contributed by atoms with Crippen LogP contribution in [-0.4, -0.2) is 22.5 Å². The van der Waals surface area contributed by atoms with Gasteiger partial charge in [-0.2, -0.15) is 0 Å². The molecule has 2 aromatic rings. The summed E-state index contributed by atoms with van der Waals surface area (Å²) in [6.07, 6.45) is -0.145. The van der Waals surface area contributed by atoms with Gasteiger partial charge in [-0.3, -0.25) is 4.79 Å². The van der Waals surface area contributed by atoms with Crippen molar-refractivity contribution in [3.05, 3.63) is 42.0 Å². The summed E-state index contributed by atoms with van der Waals surface area (Å²) in [5.41, 5.74) is -1.04. The zero-order chi connectivity index (χ0) is 13.6. The highest BCUT2D eigenvalue weighted by Crippen LogP contribution is 2.38. The predicted octanol–water partition coefficient (Wildman–Crippen LogP) is 2.65. The lowest BCUT2D eigenvalue weighted by Gasteiger charge is -2.31. The summed E-state index contributed by atoms with van der Waals surface area (Å²) in [7, 11) is 0. The van der Waals surface area contributed by atoms with Crippen LogP contribution in [0.3, 0.4) is 0 Å². The minimum atomic E-state index is -1.49. The number of benzene rings is 2. The zero-order valence-corrected chi connectivity index (χ0v) is 10.3. The van der Waals surface area contributed by atoms with Crippen LogP contribution in [0.25, 0.3) is 10.8 Å². The number of carboxylic acids is 1. The maximum absolute atomic E-state index is 12.1. The van der Waals surface area contributed by atoms with E-state index in [1.165, 1.54) is 6.92 Å². The molecule has 0 fully saturated rings. The molecule has 2 aromatic carbocycles. The molecule has 96 valence electrons. The van der Waals surface area contributed by atoms with Crippen molar-refractivity contribution in [1.82, 2.24) is 0 Å². The molecule has 1 unspecified atom stereocenters. The highest BCUT2D eigenvalue weighted by atomic mass is 16.5. The molecule has 4 heteroatoms. The number of ether oxygens (including phenoxy) is 1. The summed E-state index contributed by atoms with van der Waals surface area (Å²) < 4.78 is 5.64. The molecule has 0 bridgehead atoms. The number of carbonyl (C=O) groups excluding carboxylic acids is 1. The summed E-state index contributed by atoms with van der Waals surface area (Å²) in [6, 6.07) is 11.0. The Bertz CT molecular complexity index is 704. The van der Waals surface area contributed by atoms with Crippen molar-refractivity contribution in [3.63, 3.8) is 0 Å². The Kier molecular flexibility index (Phi) is 2.35. The topological polar surface area (TPSA) is 63.6 Å². The zero-order valence-electron chi connectivity index (χ0n) is 10.3. The van der Waals surface area contributed by atoms with E-state index >= 15 is 0 Å². The maximum Gasteiger partial charge on any atom is 0.348 e. The summed E-state index contributed by atoms with van der Waals surface area (Å²) in [4.78, 5) is 23.4. The molecule has 0 radical (unpaired) electrons. The van der Waals surface area contributed by atoms with Crippen LogP contribution < -0.4 is 4.74 Å².